The monoisotopic (exact) mass is 443 g/mol. The summed E-state index contributed by atoms with van der Waals surface area (Å²) in [5.74, 6) is 0.647. The van der Waals surface area contributed by atoms with Gasteiger partial charge in [0.1, 0.15) is 5.75 Å². The summed E-state index contributed by atoms with van der Waals surface area (Å²) in [4.78, 5) is 27.4. The first-order chi connectivity index (χ1) is 16.1. The number of benzene rings is 3. The molecule has 3 aromatic carbocycles. The van der Waals surface area contributed by atoms with Gasteiger partial charge in [0, 0.05) is 31.2 Å². The predicted molar refractivity (Wildman–Crippen MR) is 128 cm³/mol. The summed E-state index contributed by atoms with van der Waals surface area (Å²) in [6.45, 7) is 1.29. The van der Waals surface area contributed by atoms with Crippen molar-refractivity contribution in [1.82, 2.24) is 4.90 Å². The molecule has 0 aliphatic heterocycles. The van der Waals surface area contributed by atoms with Gasteiger partial charge in [0.05, 0.1) is 0 Å². The average molecular weight is 444 g/mol. The van der Waals surface area contributed by atoms with Crippen LogP contribution >= 0.6 is 0 Å². The maximum Gasteiger partial charge on any atom is 0.262 e. The van der Waals surface area contributed by atoms with Gasteiger partial charge in [-0.15, -0.1) is 0 Å². The summed E-state index contributed by atoms with van der Waals surface area (Å²) in [5.41, 5.74) is 9.44. The van der Waals surface area contributed by atoms with Crippen LogP contribution in [0.1, 0.15) is 29.5 Å². The van der Waals surface area contributed by atoms with Gasteiger partial charge in [-0.3, -0.25) is 9.59 Å². The van der Waals surface area contributed by atoms with Crippen molar-refractivity contribution in [2.75, 3.05) is 11.9 Å². The quantitative estimate of drug-likeness (QED) is 0.494. The average Bonchev–Trinajstić information content (AvgIpc) is 3.69. The van der Waals surface area contributed by atoms with Crippen LogP contribution in [0.3, 0.4) is 0 Å². The number of rotatable bonds is 10. The van der Waals surface area contributed by atoms with Gasteiger partial charge in [-0.25, -0.2) is 0 Å². The Balaban J connectivity index is 1.46. The molecule has 3 aromatic rings. The minimum Gasteiger partial charge on any atom is -0.484 e. The van der Waals surface area contributed by atoms with E-state index in [4.69, 9.17) is 10.5 Å². The van der Waals surface area contributed by atoms with E-state index in [1.807, 2.05) is 83.8 Å². The number of para-hydroxylation sites is 2. The molecule has 1 saturated carbocycles. The van der Waals surface area contributed by atoms with E-state index in [1.54, 1.807) is 0 Å². The zero-order valence-electron chi connectivity index (χ0n) is 18.6. The van der Waals surface area contributed by atoms with Crippen LogP contribution < -0.4 is 15.8 Å². The lowest BCUT2D eigenvalue weighted by atomic mass is 10.1. The van der Waals surface area contributed by atoms with Crippen LogP contribution in [0.15, 0.2) is 78.9 Å². The van der Waals surface area contributed by atoms with Crippen molar-refractivity contribution >= 4 is 17.5 Å². The maximum absolute atomic E-state index is 13.1. The molecule has 6 heteroatoms. The van der Waals surface area contributed by atoms with E-state index in [9.17, 15) is 9.59 Å². The third-order valence-electron chi connectivity index (χ3n) is 5.60. The Morgan fingerprint density at radius 2 is 1.64 bits per heavy atom. The van der Waals surface area contributed by atoms with Gasteiger partial charge in [0.25, 0.3) is 5.91 Å². The number of carbonyl (C=O) groups is 2. The van der Waals surface area contributed by atoms with E-state index in [0.29, 0.717) is 31.1 Å². The number of nitrogens with zero attached hydrogens (tertiary/aromatic N) is 1. The van der Waals surface area contributed by atoms with Gasteiger partial charge in [-0.05, 0) is 47.7 Å². The van der Waals surface area contributed by atoms with Crippen LogP contribution in [0, 0.1) is 5.92 Å². The Hall–Kier alpha value is -3.64. The summed E-state index contributed by atoms with van der Waals surface area (Å²) in [7, 11) is 0. The molecule has 0 atom stereocenters. The highest BCUT2D eigenvalue weighted by Gasteiger charge is 2.33. The number of ether oxygens (including phenoxy) is 1. The Morgan fingerprint density at radius 1 is 0.909 bits per heavy atom. The van der Waals surface area contributed by atoms with Crippen molar-refractivity contribution in [2.45, 2.75) is 32.5 Å². The summed E-state index contributed by atoms with van der Waals surface area (Å²) in [6, 6.07) is 24.8. The van der Waals surface area contributed by atoms with E-state index in [0.717, 1.165) is 29.5 Å². The highest BCUT2D eigenvalue weighted by atomic mass is 16.5. The molecule has 2 amide bonds. The molecule has 4 rings (SSSR count). The Bertz CT molecular complexity index is 1100. The minimum absolute atomic E-state index is 0.0883. The van der Waals surface area contributed by atoms with Crippen LogP contribution in [0.2, 0.25) is 0 Å². The molecule has 33 heavy (non-hydrogen) atoms. The van der Waals surface area contributed by atoms with E-state index in [1.165, 1.54) is 0 Å². The maximum atomic E-state index is 13.1. The molecule has 1 aliphatic carbocycles. The van der Waals surface area contributed by atoms with Crippen molar-refractivity contribution in [2.24, 2.45) is 11.7 Å². The van der Waals surface area contributed by atoms with Gasteiger partial charge in [-0.2, -0.15) is 0 Å². The van der Waals surface area contributed by atoms with Gasteiger partial charge >= 0.3 is 0 Å². The van der Waals surface area contributed by atoms with Gasteiger partial charge in [0.2, 0.25) is 5.91 Å². The lowest BCUT2D eigenvalue weighted by Gasteiger charge is -2.25. The topological polar surface area (TPSA) is 84.7 Å². The lowest BCUT2D eigenvalue weighted by Crippen LogP contribution is -2.32. The molecule has 0 heterocycles. The summed E-state index contributed by atoms with van der Waals surface area (Å²) in [6.07, 6.45) is 1.88. The first-order valence-electron chi connectivity index (χ1n) is 11.2. The van der Waals surface area contributed by atoms with Crippen molar-refractivity contribution in [3.05, 3.63) is 95.6 Å². The molecule has 0 radical (unpaired) electrons. The number of hydrogen-bond donors (Lipinski definition) is 2. The van der Waals surface area contributed by atoms with E-state index in [-0.39, 0.29) is 24.3 Å². The molecular weight excluding hydrogens is 414 g/mol. The molecule has 1 aliphatic rings. The summed E-state index contributed by atoms with van der Waals surface area (Å²) in [5, 5.41) is 2.93. The van der Waals surface area contributed by atoms with E-state index >= 15 is 0 Å². The SMILES string of the molecule is NCc1cccc(CN(Cc2ccccc2NC(=O)COc2ccccc2)C(=O)C2CC2)c1. The van der Waals surface area contributed by atoms with E-state index < -0.39 is 0 Å². The molecule has 0 aromatic heterocycles. The van der Waals surface area contributed by atoms with Crippen molar-refractivity contribution < 1.29 is 14.3 Å². The fourth-order valence-corrected chi connectivity index (χ4v) is 3.71. The Kier molecular flexibility index (Phi) is 7.37. The van der Waals surface area contributed by atoms with Crippen LogP contribution in [0.5, 0.6) is 5.75 Å². The second-order valence-electron chi connectivity index (χ2n) is 8.30. The first-order valence-corrected chi connectivity index (χ1v) is 11.2. The molecule has 0 spiro atoms. The number of nitrogens with one attached hydrogen (secondary N) is 1. The molecule has 6 nitrogen and oxygen atoms in total. The highest BCUT2D eigenvalue weighted by molar-refractivity contribution is 5.92. The third kappa shape index (κ3) is 6.43. The fourth-order valence-electron chi connectivity index (χ4n) is 3.71. The molecular formula is C27H29N3O3. The number of carbonyl (C=O) groups excluding carboxylic acids is 2. The Morgan fingerprint density at radius 3 is 2.39 bits per heavy atom. The molecule has 1 fully saturated rings. The normalized spacial score (nSPS) is 12.8. The number of hydrogen-bond acceptors (Lipinski definition) is 4. The summed E-state index contributed by atoms with van der Waals surface area (Å²) >= 11 is 0. The van der Waals surface area contributed by atoms with Crippen molar-refractivity contribution in [3.8, 4) is 5.75 Å². The lowest BCUT2D eigenvalue weighted by molar-refractivity contribution is -0.133. The van der Waals surface area contributed by atoms with Crippen LogP contribution in [-0.4, -0.2) is 23.3 Å². The second-order valence-corrected chi connectivity index (χ2v) is 8.30. The number of anilines is 1. The van der Waals surface area contributed by atoms with Gasteiger partial charge < -0.3 is 20.7 Å². The standard InChI is InChI=1S/C27H29N3O3/c28-16-20-7-6-8-21(15-20)17-30(27(32)22-13-14-22)18-23-9-4-5-12-25(23)29-26(31)19-33-24-10-2-1-3-11-24/h1-12,15,22H,13-14,16-19,28H2,(H,29,31). The van der Waals surface area contributed by atoms with Crippen LogP contribution in [0.25, 0.3) is 0 Å². The first kappa shape index (κ1) is 22.6. The van der Waals surface area contributed by atoms with Crippen LogP contribution in [0.4, 0.5) is 5.69 Å². The number of nitrogens with two attached hydrogens (primary N) is 1. The molecule has 170 valence electrons. The fraction of sp³-hybridized carbons (Fsp3) is 0.259. The van der Waals surface area contributed by atoms with E-state index in [2.05, 4.69) is 5.32 Å². The second kappa shape index (κ2) is 10.8. The highest BCUT2D eigenvalue weighted by Crippen LogP contribution is 2.32. The molecule has 0 unspecified atom stereocenters. The summed E-state index contributed by atoms with van der Waals surface area (Å²) < 4.78 is 5.55. The smallest absolute Gasteiger partial charge is 0.262 e. The zero-order chi connectivity index (χ0) is 23.0. The Labute approximate surface area is 194 Å². The van der Waals surface area contributed by atoms with Gasteiger partial charge in [-0.1, -0.05) is 60.7 Å². The molecule has 0 bridgehead atoms. The largest absolute Gasteiger partial charge is 0.484 e. The van der Waals surface area contributed by atoms with Crippen LogP contribution in [-0.2, 0) is 29.2 Å². The third-order valence-corrected chi connectivity index (χ3v) is 5.60. The molecule has 0 saturated heterocycles. The molecule has 3 N–H and O–H groups in total. The van der Waals surface area contributed by atoms with Crippen molar-refractivity contribution in [3.63, 3.8) is 0 Å². The van der Waals surface area contributed by atoms with Gasteiger partial charge in [0.15, 0.2) is 6.61 Å². The van der Waals surface area contributed by atoms with Crippen molar-refractivity contribution in [1.29, 1.82) is 0 Å². The predicted octanol–water partition coefficient (Wildman–Crippen LogP) is 4.10. The number of amides is 2. The zero-order valence-corrected chi connectivity index (χ0v) is 18.6. The minimum atomic E-state index is -0.248.